The molecule has 5 nitrogen and oxygen atoms in total. The Morgan fingerprint density at radius 1 is 1.53 bits per heavy atom. The van der Waals surface area contributed by atoms with Crippen molar-refractivity contribution in [1.82, 2.24) is 9.97 Å². The molecule has 0 atom stereocenters. The quantitative estimate of drug-likeness (QED) is 0.643. The Balaban J connectivity index is 2.10. The molecule has 6 heteroatoms. The van der Waals surface area contributed by atoms with Crippen LogP contribution >= 0.6 is 11.3 Å². The standard InChI is InChI=1S/C11H12N4OS/c1-7-3-4-17-9(7)6-12-15-11-13-8(2)5-10(16)14-11/h3-6H,1-2H3,(H2,13,14,15,16). The third kappa shape index (κ3) is 3.01. The first-order valence-corrected chi connectivity index (χ1v) is 5.94. The van der Waals surface area contributed by atoms with Gasteiger partial charge in [-0.1, -0.05) is 0 Å². The van der Waals surface area contributed by atoms with Crippen molar-refractivity contribution in [3.63, 3.8) is 0 Å². The van der Waals surface area contributed by atoms with E-state index in [9.17, 15) is 4.79 Å². The molecule has 0 aliphatic heterocycles. The van der Waals surface area contributed by atoms with Crippen molar-refractivity contribution in [2.45, 2.75) is 13.8 Å². The van der Waals surface area contributed by atoms with Gasteiger partial charge in [0.2, 0.25) is 5.95 Å². The SMILES string of the molecule is Cc1cc(=O)[nH]c(NN=Cc2sccc2C)n1. The molecule has 0 aromatic carbocycles. The topological polar surface area (TPSA) is 70.1 Å². The van der Waals surface area contributed by atoms with Crippen LogP contribution in [0.5, 0.6) is 0 Å². The third-order valence-corrected chi connectivity index (χ3v) is 3.08. The number of H-pyrrole nitrogens is 1. The highest BCUT2D eigenvalue weighted by Crippen LogP contribution is 2.12. The highest BCUT2D eigenvalue weighted by Gasteiger charge is 1.97. The molecule has 2 aromatic heterocycles. The summed E-state index contributed by atoms with van der Waals surface area (Å²) in [7, 11) is 0. The molecule has 0 radical (unpaired) electrons. The highest BCUT2D eigenvalue weighted by molar-refractivity contribution is 7.11. The summed E-state index contributed by atoms with van der Waals surface area (Å²) in [6, 6.07) is 3.46. The molecular formula is C11H12N4OS. The van der Waals surface area contributed by atoms with E-state index in [4.69, 9.17) is 0 Å². The molecule has 0 amide bonds. The zero-order valence-electron chi connectivity index (χ0n) is 9.52. The molecule has 0 saturated heterocycles. The molecule has 0 spiro atoms. The third-order valence-electron chi connectivity index (χ3n) is 2.12. The van der Waals surface area contributed by atoms with E-state index in [0.29, 0.717) is 11.6 Å². The fourth-order valence-electron chi connectivity index (χ4n) is 1.30. The fraction of sp³-hybridized carbons (Fsp3) is 0.182. The minimum absolute atomic E-state index is 0.192. The molecule has 2 rings (SSSR count). The number of hydrogen-bond donors (Lipinski definition) is 2. The summed E-state index contributed by atoms with van der Waals surface area (Å²) in [6.07, 6.45) is 1.71. The molecule has 0 fully saturated rings. The average molecular weight is 248 g/mol. The second kappa shape index (κ2) is 4.92. The molecule has 2 heterocycles. The number of aromatic amines is 1. The van der Waals surface area contributed by atoms with Crippen molar-refractivity contribution in [1.29, 1.82) is 0 Å². The Kier molecular flexibility index (Phi) is 3.34. The molecule has 2 aromatic rings. The summed E-state index contributed by atoms with van der Waals surface area (Å²) >= 11 is 1.61. The summed E-state index contributed by atoms with van der Waals surface area (Å²) in [5.41, 5.74) is 4.33. The van der Waals surface area contributed by atoms with E-state index >= 15 is 0 Å². The van der Waals surface area contributed by atoms with Gasteiger partial charge in [-0.3, -0.25) is 9.78 Å². The Bertz CT molecular complexity index is 600. The average Bonchev–Trinajstić information content (AvgIpc) is 2.63. The number of rotatable bonds is 3. The summed E-state index contributed by atoms with van der Waals surface area (Å²) in [6.45, 7) is 3.78. The molecule has 17 heavy (non-hydrogen) atoms. The van der Waals surface area contributed by atoms with Gasteiger partial charge in [-0.2, -0.15) is 5.10 Å². The zero-order valence-corrected chi connectivity index (χ0v) is 10.3. The predicted molar refractivity (Wildman–Crippen MR) is 69.9 cm³/mol. The van der Waals surface area contributed by atoms with Gasteiger partial charge in [-0.25, -0.2) is 10.4 Å². The predicted octanol–water partition coefficient (Wildman–Crippen LogP) is 1.89. The van der Waals surface area contributed by atoms with Crippen LogP contribution in [-0.4, -0.2) is 16.2 Å². The first kappa shape index (κ1) is 11.5. The summed E-state index contributed by atoms with van der Waals surface area (Å²) in [5, 5.41) is 6.03. The van der Waals surface area contributed by atoms with Crippen molar-refractivity contribution < 1.29 is 0 Å². The fourth-order valence-corrected chi connectivity index (χ4v) is 2.09. The lowest BCUT2D eigenvalue weighted by Gasteiger charge is -1.99. The van der Waals surface area contributed by atoms with Crippen molar-refractivity contribution in [3.05, 3.63) is 44.0 Å². The molecule has 0 aliphatic carbocycles. The van der Waals surface area contributed by atoms with E-state index in [-0.39, 0.29) is 5.56 Å². The zero-order chi connectivity index (χ0) is 12.3. The van der Waals surface area contributed by atoms with Crippen LogP contribution in [0.3, 0.4) is 0 Å². The summed E-state index contributed by atoms with van der Waals surface area (Å²) in [4.78, 5) is 18.9. The minimum atomic E-state index is -0.192. The molecule has 2 N–H and O–H groups in total. The van der Waals surface area contributed by atoms with Crippen LogP contribution in [-0.2, 0) is 0 Å². The number of nitrogens with one attached hydrogen (secondary N) is 2. The van der Waals surface area contributed by atoms with Gasteiger partial charge in [0, 0.05) is 16.6 Å². The second-order valence-corrected chi connectivity index (χ2v) is 4.52. The van der Waals surface area contributed by atoms with Crippen LogP contribution in [0.25, 0.3) is 0 Å². The molecule has 0 saturated carbocycles. The van der Waals surface area contributed by atoms with E-state index < -0.39 is 0 Å². The largest absolute Gasteiger partial charge is 0.291 e. The second-order valence-electron chi connectivity index (χ2n) is 3.57. The van der Waals surface area contributed by atoms with E-state index in [0.717, 1.165) is 4.88 Å². The van der Waals surface area contributed by atoms with Gasteiger partial charge in [0.25, 0.3) is 5.56 Å². The first-order valence-electron chi connectivity index (χ1n) is 5.06. The van der Waals surface area contributed by atoms with Crippen LogP contribution in [0.4, 0.5) is 5.95 Å². The number of aryl methyl sites for hydroxylation is 2. The normalized spacial score (nSPS) is 10.9. The molecule has 0 unspecified atom stereocenters. The van der Waals surface area contributed by atoms with E-state index in [2.05, 4.69) is 20.5 Å². The minimum Gasteiger partial charge on any atom is -0.291 e. The Labute approximate surface area is 102 Å². The van der Waals surface area contributed by atoms with Gasteiger partial charge in [0.05, 0.1) is 6.21 Å². The lowest BCUT2D eigenvalue weighted by Crippen LogP contribution is -2.10. The summed E-state index contributed by atoms with van der Waals surface area (Å²) < 4.78 is 0. The Morgan fingerprint density at radius 2 is 2.35 bits per heavy atom. The highest BCUT2D eigenvalue weighted by atomic mass is 32.1. The molecule has 88 valence electrons. The van der Waals surface area contributed by atoms with Gasteiger partial charge in [-0.05, 0) is 30.9 Å². The number of hydrazone groups is 1. The maximum Gasteiger partial charge on any atom is 0.252 e. The van der Waals surface area contributed by atoms with Crippen molar-refractivity contribution >= 4 is 23.5 Å². The van der Waals surface area contributed by atoms with Gasteiger partial charge < -0.3 is 0 Å². The molecule has 0 bridgehead atoms. The molecule has 0 aliphatic rings. The summed E-state index contributed by atoms with van der Waals surface area (Å²) in [5.74, 6) is 0.348. The van der Waals surface area contributed by atoms with E-state index in [1.165, 1.54) is 11.6 Å². The smallest absolute Gasteiger partial charge is 0.252 e. The van der Waals surface area contributed by atoms with Crippen LogP contribution in [0.2, 0.25) is 0 Å². The Hall–Kier alpha value is -1.95. The molecular weight excluding hydrogens is 236 g/mol. The van der Waals surface area contributed by atoms with Crippen molar-refractivity contribution in [2.24, 2.45) is 5.10 Å². The van der Waals surface area contributed by atoms with Gasteiger partial charge in [0.1, 0.15) is 0 Å². The number of aromatic nitrogens is 2. The van der Waals surface area contributed by atoms with Crippen molar-refractivity contribution in [2.75, 3.05) is 5.43 Å². The monoisotopic (exact) mass is 248 g/mol. The maximum atomic E-state index is 11.2. The van der Waals surface area contributed by atoms with E-state index in [1.807, 2.05) is 18.4 Å². The lowest BCUT2D eigenvalue weighted by molar-refractivity contribution is 1.04. The van der Waals surface area contributed by atoms with E-state index in [1.54, 1.807) is 24.5 Å². The van der Waals surface area contributed by atoms with Crippen LogP contribution in [0.1, 0.15) is 16.1 Å². The lowest BCUT2D eigenvalue weighted by atomic mass is 10.3. The van der Waals surface area contributed by atoms with Crippen LogP contribution in [0.15, 0.2) is 27.4 Å². The number of thiophene rings is 1. The number of nitrogens with zero attached hydrogens (tertiary/aromatic N) is 2. The number of anilines is 1. The maximum absolute atomic E-state index is 11.2. The first-order chi connectivity index (χ1) is 8.15. The van der Waals surface area contributed by atoms with Crippen LogP contribution in [0, 0.1) is 13.8 Å². The number of hydrogen-bond acceptors (Lipinski definition) is 5. The van der Waals surface area contributed by atoms with Crippen molar-refractivity contribution in [3.8, 4) is 0 Å². The Morgan fingerprint density at radius 3 is 3.00 bits per heavy atom. The van der Waals surface area contributed by atoms with Gasteiger partial charge >= 0.3 is 0 Å². The van der Waals surface area contributed by atoms with Crippen LogP contribution < -0.4 is 11.0 Å². The van der Waals surface area contributed by atoms with Gasteiger partial charge in [-0.15, -0.1) is 11.3 Å². The van der Waals surface area contributed by atoms with Gasteiger partial charge in [0.15, 0.2) is 0 Å².